The van der Waals surface area contributed by atoms with Crippen molar-refractivity contribution in [3.8, 4) is 0 Å². The maximum absolute atomic E-state index is 12.1. The maximum atomic E-state index is 12.1. The molecule has 0 radical (unpaired) electrons. The lowest BCUT2D eigenvalue weighted by molar-refractivity contribution is 0.0601. The number of methoxy groups -OCH3 is 1. The van der Waals surface area contributed by atoms with Crippen LogP contribution in [-0.2, 0) is 4.74 Å². The SMILES string of the molecule is COC(=O)c1ccccc1N(C)c1ncnc(N2CCCCCC2)c1N. The Kier molecular flexibility index (Phi) is 5.55. The Balaban J connectivity index is 1.97. The van der Waals surface area contributed by atoms with E-state index in [2.05, 4.69) is 14.9 Å². The van der Waals surface area contributed by atoms with E-state index in [4.69, 9.17) is 10.5 Å². The van der Waals surface area contributed by atoms with E-state index in [-0.39, 0.29) is 0 Å². The number of rotatable bonds is 4. The van der Waals surface area contributed by atoms with E-state index >= 15 is 0 Å². The topological polar surface area (TPSA) is 84.6 Å². The second kappa shape index (κ2) is 8.03. The van der Waals surface area contributed by atoms with Gasteiger partial charge in [-0.3, -0.25) is 0 Å². The molecule has 7 heteroatoms. The Bertz CT molecular complexity index is 772. The van der Waals surface area contributed by atoms with Crippen LogP contribution in [0.1, 0.15) is 36.0 Å². The summed E-state index contributed by atoms with van der Waals surface area (Å²) < 4.78 is 4.89. The van der Waals surface area contributed by atoms with Gasteiger partial charge in [-0.2, -0.15) is 0 Å². The smallest absolute Gasteiger partial charge is 0.339 e. The molecule has 0 spiro atoms. The highest BCUT2D eigenvalue weighted by Gasteiger charge is 2.21. The molecule has 0 saturated carbocycles. The fourth-order valence-electron chi connectivity index (χ4n) is 3.34. The molecule has 0 atom stereocenters. The van der Waals surface area contributed by atoms with Gasteiger partial charge in [0.1, 0.15) is 12.0 Å². The molecule has 2 aromatic rings. The minimum absolute atomic E-state index is 0.396. The Labute approximate surface area is 153 Å². The second-order valence-electron chi connectivity index (χ2n) is 6.40. The van der Waals surface area contributed by atoms with Crippen LogP contribution in [0, 0.1) is 0 Å². The van der Waals surface area contributed by atoms with Crippen LogP contribution in [0.2, 0.25) is 0 Å². The van der Waals surface area contributed by atoms with Crippen molar-refractivity contribution in [3.63, 3.8) is 0 Å². The van der Waals surface area contributed by atoms with Crippen LogP contribution < -0.4 is 15.5 Å². The maximum Gasteiger partial charge on any atom is 0.339 e. The zero-order valence-corrected chi connectivity index (χ0v) is 15.3. The number of esters is 1. The Morgan fingerprint density at radius 1 is 1.15 bits per heavy atom. The molecule has 26 heavy (non-hydrogen) atoms. The van der Waals surface area contributed by atoms with Crippen molar-refractivity contribution in [3.05, 3.63) is 36.2 Å². The van der Waals surface area contributed by atoms with Crippen molar-refractivity contribution in [2.45, 2.75) is 25.7 Å². The zero-order valence-electron chi connectivity index (χ0n) is 15.3. The standard InChI is InChI=1S/C19H25N5O2/c1-23(15-10-6-5-9-14(15)19(25)26-2)17-16(20)18(22-13-21-17)24-11-7-3-4-8-12-24/h5-6,9-10,13H,3-4,7-8,11-12,20H2,1-2H3. The highest BCUT2D eigenvalue weighted by molar-refractivity contribution is 5.97. The van der Waals surface area contributed by atoms with Gasteiger partial charge in [0, 0.05) is 20.1 Å². The molecule has 0 bridgehead atoms. The van der Waals surface area contributed by atoms with Gasteiger partial charge in [0.25, 0.3) is 0 Å². The monoisotopic (exact) mass is 355 g/mol. The summed E-state index contributed by atoms with van der Waals surface area (Å²) in [6.07, 6.45) is 6.28. The minimum Gasteiger partial charge on any atom is -0.465 e. The van der Waals surface area contributed by atoms with Crippen molar-refractivity contribution in [1.82, 2.24) is 9.97 Å². The number of hydrogen-bond donors (Lipinski definition) is 1. The fourth-order valence-corrected chi connectivity index (χ4v) is 3.34. The fraction of sp³-hybridized carbons (Fsp3) is 0.421. The lowest BCUT2D eigenvalue weighted by Crippen LogP contribution is -2.27. The van der Waals surface area contributed by atoms with Gasteiger partial charge in [-0.1, -0.05) is 25.0 Å². The van der Waals surface area contributed by atoms with Gasteiger partial charge in [-0.15, -0.1) is 0 Å². The summed E-state index contributed by atoms with van der Waals surface area (Å²) >= 11 is 0. The average Bonchev–Trinajstić information content (AvgIpc) is 2.96. The summed E-state index contributed by atoms with van der Waals surface area (Å²) in [4.78, 5) is 24.9. The molecule has 1 aliphatic rings. The van der Waals surface area contributed by atoms with Crippen LogP contribution in [0.5, 0.6) is 0 Å². The van der Waals surface area contributed by atoms with E-state index in [9.17, 15) is 4.79 Å². The quantitative estimate of drug-likeness (QED) is 0.844. The van der Waals surface area contributed by atoms with Crippen molar-refractivity contribution >= 4 is 29.0 Å². The van der Waals surface area contributed by atoms with E-state index in [1.54, 1.807) is 12.1 Å². The number of ether oxygens (including phenoxy) is 1. The Hall–Kier alpha value is -2.83. The van der Waals surface area contributed by atoms with Crippen LogP contribution >= 0.6 is 0 Å². The molecule has 0 unspecified atom stereocenters. The van der Waals surface area contributed by atoms with Crippen LogP contribution in [0.15, 0.2) is 30.6 Å². The lowest BCUT2D eigenvalue weighted by Gasteiger charge is -2.27. The number of nitrogens with two attached hydrogens (primary N) is 1. The predicted octanol–water partition coefficient (Wildman–Crippen LogP) is 2.99. The van der Waals surface area contributed by atoms with Gasteiger partial charge in [0.15, 0.2) is 11.6 Å². The molecule has 1 aromatic carbocycles. The molecule has 2 N–H and O–H groups in total. The molecule has 0 amide bonds. The number of hydrogen-bond acceptors (Lipinski definition) is 7. The molecule has 1 aromatic heterocycles. The first-order valence-corrected chi connectivity index (χ1v) is 8.90. The first-order chi connectivity index (χ1) is 12.6. The summed E-state index contributed by atoms with van der Waals surface area (Å²) in [5.41, 5.74) is 8.11. The number of nitrogens with zero attached hydrogens (tertiary/aromatic N) is 4. The molecular weight excluding hydrogens is 330 g/mol. The minimum atomic E-state index is -0.396. The molecular formula is C19H25N5O2. The van der Waals surface area contributed by atoms with E-state index in [1.807, 2.05) is 24.1 Å². The summed E-state index contributed by atoms with van der Waals surface area (Å²) in [6.45, 7) is 1.90. The van der Waals surface area contributed by atoms with E-state index in [1.165, 1.54) is 26.3 Å². The number of aromatic nitrogens is 2. The highest BCUT2D eigenvalue weighted by atomic mass is 16.5. The van der Waals surface area contributed by atoms with Crippen molar-refractivity contribution in [1.29, 1.82) is 0 Å². The molecule has 1 fully saturated rings. The number of para-hydroxylation sites is 1. The zero-order chi connectivity index (χ0) is 18.5. The van der Waals surface area contributed by atoms with Crippen molar-refractivity contribution < 1.29 is 9.53 Å². The molecule has 138 valence electrons. The molecule has 7 nitrogen and oxygen atoms in total. The Morgan fingerprint density at radius 2 is 1.85 bits per heavy atom. The average molecular weight is 355 g/mol. The normalized spacial score (nSPS) is 14.6. The van der Waals surface area contributed by atoms with E-state index in [0.717, 1.165) is 31.7 Å². The predicted molar refractivity (Wildman–Crippen MR) is 103 cm³/mol. The molecule has 1 aliphatic heterocycles. The van der Waals surface area contributed by atoms with Gasteiger partial charge in [0.2, 0.25) is 0 Å². The third kappa shape index (κ3) is 3.56. The van der Waals surface area contributed by atoms with Gasteiger partial charge >= 0.3 is 5.97 Å². The number of nitrogen functional groups attached to an aromatic ring is 1. The van der Waals surface area contributed by atoms with Crippen LogP contribution in [-0.4, -0.2) is 43.2 Å². The largest absolute Gasteiger partial charge is 0.465 e. The first-order valence-electron chi connectivity index (χ1n) is 8.90. The second-order valence-corrected chi connectivity index (χ2v) is 6.40. The number of anilines is 4. The first kappa shape index (κ1) is 18.0. The lowest BCUT2D eigenvalue weighted by atomic mass is 10.1. The third-order valence-electron chi connectivity index (χ3n) is 4.74. The summed E-state index contributed by atoms with van der Waals surface area (Å²) in [5.74, 6) is 0.947. The van der Waals surface area contributed by atoms with E-state index < -0.39 is 5.97 Å². The summed E-state index contributed by atoms with van der Waals surface area (Å²) in [6, 6.07) is 7.24. The molecule has 3 rings (SSSR count). The van der Waals surface area contributed by atoms with Gasteiger partial charge in [-0.05, 0) is 25.0 Å². The number of carbonyl (C=O) groups excluding carboxylic acids is 1. The van der Waals surface area contributed by atoms with Crippen LogP contribution in [0.3, 0.4) is 0 Å². The van der Waals surface area contributed by atoms with Gasteiger partial charge < -0.3 is 20.3 Å². The van der Waals surface area contributed by atoms with Crippen LogP contribution in [0.25, 0.3) is 0 Å². The molecule has 2 heterocycles. The molecule has 0 aliphatic carbocycles. The van der Waals surface area contributed by atoms with Gasteiger partial charge in [-0.25, -0.2) is 14.8 Å². The molecule has 1 saturated heterocycles. The number of carbonyl (C=O) groups is 1. The van der Waals surface area contributed by atoms with E-state index in [0.29, 0.717) is 22.8 Å². The van der Waals surface area contributed by atoms with Crippen molar-refractivity contribution in [2.75, 3.05) is 42.8 Å². The Morgan fingerprint density at radius 3 is 2.54 bits per heavy atom. The summed E-state index contributed by atoms with van der Waals surface area (Å²) in [5, 5.41) is 0. The van der Waals surface area contributed by atoms with Crippen LogP contribution in [0.4, 0.5) is 23.0 Å². The summed E-state index contributed by atoms with van der Waals surface area (Å²) in [7, 11) is 3.21. The number of benzene rings is 1. The highest BCUT2D eigenvalue weighted by Crippen LogP contribution is 2.34. The van der Waals surface area contributed by atoms with Gasteiger partial charge in [0.05, 0.1) is 18.4 Å². The third-order valence-corrected chi connectivity index (χ3v) is 4.74. The van der Waals surface area contributed by atoms with Crippen molar-refractivity contribution in [2.24, 2.45) is 0 Å².